The minimum absolute atomic E-state index is 0.632. The largest absolute Gasteiger partial charge is 0.493 e. The molecule has 0 aliphatic rings. The second kappa shape index (κ2) is 8.61. The van der Waals surface area contributed by atoms with Gasteiger partial charge in [-0.05, 0) is 24.3 Å². The van der Waals surface area contributed by atoms with Crippen LogP contribution in [0.5, 0.6) is 11.5 Å². The molecule has 6 rings (SSSR count). The molecule has 35 heavy (non-hydrogen) atoms. The van der Waals surface area contributed by atoms with E-state index in [0.717, 1.165) is 50.5 Å². The molecule has 0 aliphatic carbocycles. The van der Waals surface area contributed by atoms with Crippen molar-refractivity contribution in [3.8, 4) is 45.4 Å². The van der Waals surface area contributed by atoms with Crippen LogP contribution in [0.1, 0.15) is 0 Å². The number of fused-ring (bicyclic) bond motifs is 3. The number of aromatic nitrogens is 3. The quantitative estimate of drug-likeness (QED) is 0.282. The van der Waals surface area contributed by atoms with E-state index >= 15 is 0 Å². The van der Waals surface area contributed by atoms with Crippen LogP contribution in [-0.2, 0) is 0 Å². The zero-order valence-corrected chi connectivity index (χ0v) is 19.5. The van der Waals surface area contributed by atoms with Gasteiger partial charge in [0.1, 0.15) is 5.65 Å². The van der Waals surface area contributed by atoms with Crippen molar-refractivity contribution in [2.24, 2.45) is 0 Å². The van der Waals surface area contributed by atoms with Gasteiger partial charge < -0.3 is 9.47 Å². The Morgan fingerprint density at radius 2 is 1.31 bits per heavy atom. The molecule has 0 bridgehead atoms. The number of methoxy groups -OCH3 is 2. The highest BCUT2D eigenvalue weighted by atomic mass is 16.5. The molecule has 0 N–H and O–H groups in total. The Labute approximate surface area is 203 Å². The van der Waals surface area contributed by atoms with E-state index < -0.39 is 0 Å². The van der Waals surface area contributed by atoms with Gasteiger partial charge in [-0.2, -0.15) is 0 Å². The van der Waals surface area contributed by atoms with E-state index in [1.807, 2.05) is 72.8 Å². The third-order valence-corrected chi connectivity index (χ3v) is 6.20. The lowest BCUT2D eigenvalue weighted by Crippen LogP contribution is -2.02. The van der Waals surface area contributed by atoms with Gasteiger partial charge in [0.2, 0.25) is 0 Å². The highest BCUT2D eigenvalue weighted by molar-refractivity contribution is 5.98. The van der Waals surface area contributed by atoms with E-state index in [0.29, 0.717) is 11.5 Å². The molecule has 5 heteroatoms. The van der Waals surface area contributed by atoms with Crippen LogP contribution < -0.4 is 9.47 Å². The Kier molecular flexibility index (Phi) is 5.15. The van der Waals surface area contributed by atoms with Gasteiger partial charge in [0, 0.05) is 16.5 Å². The number of rotatable bonds is 5. The average molecular weight is 458 g/mol. The lowest BCUT2D eigenvalue weighted by atomic mass is 10.0. The maximum absolute atomic E-state index is 5.82. The summed E-state index contributed by atoms with van der Waals surface area (Å²) in [5.41, 5.74) is 6.51. The molecule has 0 unspecified atom stereocenters. The highest BCUT2D eigenvalue weighted by Gasteiger charge is 2.24. The summed E-state index contributed by atoms with van der Waals surface area (Å²) in [5, 5.41) is 0.984. The maximum Gasteiger partial charge on any atom is 0.171 e. The molecule has 0 atom stereocenters. The fraction of sp³-hybridized carbons (Fsp3) is 0.0667. The summed E-state index contributed by atoms with van der Waals surface area (Å²) in [6.45, 7) is 0. The number of nitrogens with zero attached hydrogens (tertiary/aromatic N) is 3. The molecule has 0 saturated carbocycles. The van der Waals surface area contributed by atoms with Crippen molar-refractivity contribution in [2.45, 2.75) is 0 Å². The van der Waals surface area contributed by atoms with Crippen molar-refractivity contribution >= 4 is 16.6 Å². The first kappa shape index (κ1) is 20.9. The number of hydrogen-bond donors (Lipinski definition) is 0. The molecular formula is C30H23N3O2. The summed E-state index contributed by atoms with van der Waals surface area (Å²) in [7, 11) is 3.30. The van der Waals surface area contributed by atoms with E-state index in [1.165, 1.54) is 0 Å². The van der Waals surface area contributed by atoms with Crippen LogP contribution in [0.25, 0.3) is 50.5 Å². The monoisotopic (exact) mass is 457 g/mol. The van der Waals surface area contributed by atoms with Gasteiger partial charge >= 0.3 is 0 Å². The van der Waals surface area contributed by atoms with Crippen molar-refractivity contribution in [2.75, 3.05) is 14.2 Å². The summed E-state index contributed by atoms with van der Waals surface area (Å²) in [4.78, 5) is 10.4. The Morgan fingerprint density at radius 3 is 2.03 bits per heavy atom. The van der Waals surface area contributed by atoms with Crippen LogP contribution >= 0.6 is 0 Å². The Morgan fingerprint density at radius 1 is 0.629 bits per heavy atom. The normalized spacial score (nSPS) is 11.1. The minimum Gasteiger partial charge on any atom is -0.493 e. The topological polar surface area (TPSA) is 48.7 Å². The third-order valence-electron chi connectivity index (χ3n) is 6.20. The Bertz CT molecular complexity index is 1660. The zero-order chi connectivity index (χ0) is 23.8. The first-order valence-electron chi connectivity index (χ1n) is 11.4. The summed E-state index contributed by atoms with van der Waals surface area (Å²) in [6, 6.07) is 34.6. The third kappa shape index (κ3) is 3.40. The number of hydrogen-bond acceptors (Lipinski definition) is 4. The fourth-order valence-corrected chi connectivity index (χ4v) is 4.63. The first-order valence-corrected chi connectivity index (χ1v) is 11.4. The molecule has 170 valence electrons. The van der Waals surface area contributed by atoms with Crippen LogP contribution in [-0.4, -0.2) is 28.6 Å². The SMILES string of the molecule is COc1cccc(-c2nc3ccccc3c3nc(-c4ccccc4)c(-c4ccccc4)n23)c1OC. The van der Waals surface area contributed by atoms with Crippen LogP contribution in [0.15, 0.2) is 103 Å². The van der Waals surface area contributed by atoms with Gasteiger partial charge in [0.05, 0.1) is 36.7 Å². The molecule has 0 spiro atoms. The lowest BCUT2D eigenvalue weighted by molar-refractivity contribution is 0.356. The maximum atomic E-state index is 5.82. The molecule has 0 saturated heterocycles. The molecule has 0 radical (unpaired) electrons. The van der Waals surface area contributed by atoms with E-state index in [9.17, 15) is 0 Å². The Balaban J connectivity index is 1.83. The predicted octanol–water partition coefficient (Wildman–Crippen LogP) is 6.90. The number of benzene rings is 4. The number of para-hydroxylation sites is 2. The Hall–Kier alpha value is -4.64. The van der Waals surface area contributed by atoms with Crippen LogP contribution in [0.3, 0.4) is 0 Å². The van der Waals surface area contributed by atoms with E-state index in [1.54, 1.807) is 14.2 Å². The molecule has 2 heterocycles. The number of imidazole rings is 1. The second-order valence-corrected chi connectivity index (χ2v) is 8.19. The lowest BCUT2D eigenvalue weighted by Gasteiger charge is -2.16. The molecule has 4 aromatic carbocycles. The van der Waals surface area contributed by atoms with Crippen LogP contribution in [0, 0.1) is 0 Å². The molecule has 5 nitrogen and oxygen atoms in total. The molecule has 0 fully saturated rings. The summed E-state index contributed by atoms with van der Waals surface area (Å²) in [6.07, 6.45) is 0. The van der Waals surface area contributed by atoms with Crippen LogP contribution in [0.4, 0.5) is 0 Å². The van der Waals surface area contributed by atoms with E-state index in [2.05, 4.69) is 34.7 Å². The first-order chi connectivity index (χ1) is 17.3. The molecule has 0 amide bonds. The van der Waals surface area contributed by atoms with Crippen molar-refractivity contribution in [1.29, 1.82) is 0 Å². The standard InChI is InChI=1S/C30H23N3O2/c1-34-25-19-11-17-23(28(25)35-2)30-31-24-18-10-9-16-22(24)29-32-26(20-12-5-3-6-13-20)27(33(29)30)21-14-7-4-8-15-21/h3-19H,1-2H3. The summed E-state index contributed by atoms with van der Waals surface area (Å²) >= 11 is 0. The van der Waals surface area contributed by atoms with Gasteiger partial charge in [-0.1, -0.05) is 78.9 Å². The molecular weight excluding hydrogens is 434 g/mol. The number of ether oxygens (including phenoxy) is 2. The molecule has 6 aromatic rings. The average Bonchev–Trinajstić information content (AvgIpc) is 3.34. The van der Waals surface area contributed by atoms with Crippen molar-refractivity contribution in [3.05, 3.63) is 103 Å². The minimum atomic E-state index is 0.632. The molecule has 2 aromatic heterocycles. The smallest absolute Gasteiger partial charge is 0.171 e. The van der Waals surface area contributed by atoms with Crippen molar-refractivity contribution in [3.63, 3.8) is 0 Å². The van der Waals surface area contributed by atoms with Gasteiger partial charge in [0.25, 0.3) is 0 Å². The fourth-order valence-electron chi connectivity index (χ4n) is 4.63. The van der Waals surface area contributed by atoms with E-state index in [4.69, 9.17) is 19.4 Å². The van der Waals surface area contributed by atoms with Gasteiger partial charge in [-0.3, -0.25) is 4.40 Å². The summed E-state index contributed by atoms with van der Waals surface area (Å²) < 4.78 is 13.6. The van der Waals surface area contributed by atoms with Crippen molar-refractivity contribution in [1.82, 2.24) is 14.4 Å². The van der Waals surface area contributed by atoms with Crippen molar-refractivity contribution < 1.29 is 9.47 Å². The summed E-state index contributed by atoms with van der Waals surface area (Å²) in [5.74, 6) is 2.02. The second-order valence-electron chi connectivity index (χ2n) is 8.19. The van der Waals surface area contributed by atoms with Gasteiger partial charge in [-0.25, -0.2) is 9.97 Å². The van der Waals surface area contributed by atoms with Gasteiger partial charge in [0.15, 0.2) is 17.3 Å². The van der Waals surface area contributed by atoms with Crippen LogP contribution in [0.2, 0.25) is 0 Å². The predicted molar refractivity (Wildman–Crippen MR) is 140 cm³/mol. The van der Waals surface area contributed by atoms with Gasteiger partial charge in [-0.15, -0.1) is 0 Å². The molecule has 0 aliphatic heterocycles. The zero-order valence-electron chi connectivity index (χ0n) is 19.5. The highest BCUT2D eigenvalue weighted by Crippen LogP contribution is 2.42. The van der Waals surface area contributed by atoms with E-state index in [-0.39, 0.29) is 0 Å².